The summed E-state index contributed by atoms with van der Waals surface area (Å²) in [6.07, 6.45) is 2.14. The van der Waals surface area contributed by atoms with Crippen LogP contribution in [0.5, 0.6) is 17.2 Å². The van der Waals surface area contributed by atoms with Crippen LogP contribution in [0.25, 0.3) is 6.08 Å². The Morgan fingerprint density at radius 2 is 1.64 bits per heavy atom. The van der Waals surface area contributed by atoms with Crippen molar-refractivity contribution < 1.29 is 23.8 Å². The average Bonchev–Trinajstić information content (AvgIpc) is 2.96. The maximum Gasteiger partial charge on any atom is 0.271 e. The monoisotopic (exact) mass is 522 g/mol. The van der Waals surface area contributed by atoms with Crippen molar-refractivity contribution in [2.75, 3.05) is 20.3 Å². The Kier molecular flexibility index (Phi) is 8.80. The highest BCUT2D eigenvalue weighted by Gasteiger charge is 2.35. The molecule has 198 valence electrons. The lowest BCUT2D eigenvalue weighted by molar-refractivity contribution is -0.140. The minimum Gasteiger partial charge on any atom is -0.497 e. The fraction of sp³-hybridized carbons (Fsp3) is 0.219. The van der Waals surface area contributed by atoms with Crippen molar-refractivity contribution in [3.05, 3.63) is 106 Å². The Morgan fingerprint density at radius 1 is 0.897 bits per heavy atom. The van der Waals surface area contributed by atoms with Crippen LogP contribution in [0.1, 0.15) is 30.5 Å². The van der Waals surface area contributed by atoms with Crippen molar-refractivity contribution >= 4 is 17.9 Å². The highest BCUT2D eigenvalue weighted by Crippen LogP contribution is 2.32. The zero-order valence-electron chi connectivity index (χ0n) is 22.3. The van der Waals surface area contributed by atoms with Gasteiger partial charge in [-0.3, -0.25) is 14.5 Å². The average molecular weight is 523 g/mol. The Hall–Kier alpha value is -4.83. The van der Waals surface area contributed by atoms with Crippen molar-refractivity contribution in [2.24, 2.45) is 0 Å². The molecule has 2 amide bonds. The molecule has 0 unspecified atom stereocenters. The molecule has 0 saturated heterocycles. The number of benzene rings is 3. The van der Waals surface area contributed by atoms with Gasteiger partial charge in [-0.2, -0.15) is 5.26 Å². The van der Waals surface area contributed by atoms with Crippen molar-refractivity contribution in [2.45, 2.75) is 26.9 Å². The summed E-state index contributed by atoms with van der Waals surface area (Å²) in [5, 5.41) is 9.72. The second kappa shape index (κ2) is 12.6. The first-order chi connectivity index (χ1) is 18.9. The number of hydrogen-bond acceptors (Lipinski definition) is 6. The molecule has 3 aromatic rings. The van der Waals surface area contributed by atoms with Crippen molar-refractivity contribution in [1.82, 2.24) is 4.90 Å². The Bertz CT molecular complexity index is 1450. The minimum absolute atomic E-state index is 0.0385. The smallest absolute Gasteiger partial charge is 0.271 e. The second-order valence-electron chi connectivity index (χ2n) is 8.94. The first-order valence-electron chi connectivity index (χ1n) is 12.7. The third-order valence-electron chi connectivity index (χ3n) is 6.42. The molecule has 4 rings (SSSR count). The largest absolute Gasteiger partial charge is 0.497 e. The fourth-order valence-corrected chi connectivity index (χ4v) is 4.27. The molecule has 0 N–H and O–H groups in total. The van der Waals surface area contributed by atoms with Gasteiger partial charge < -0.3 is 14.2 Å². The zero-order chi connectivity index (χ0) is 27.8. The van der Waals surface area contributed by atoms with E-state index in [-0.39, 0.29) is 12.1 Å². The van der Waals surface area contributed by atoms with Crippen LogP contribution in [0.15, 0.2) is 89.5 Å². The van der Waals surface area contributed by atoms with Crippen LogP contribution in [0.2, 0.25) is 0 Å². The molecule has 0 saturated carbocycles. The lowest BCUT2D eigenvalue weighted by Gasteiger charge is -2.27. The highest BCUT2D eigenvalue weighted by atomic mass is 16.5. The van der Waals surface area contributed by atoms with E-state index < -0.39 is 11.8 Å². The minimum atomic E-state index is -0.578. The summed E-state index contributed by atoms with van der Waals surface area (Å²) in [4.78, 5) is 27.6. The molecule has 0 aromatic heterocycles. The number of carbonyl (C=O) groups excluding carboxylic acids is 2. The van der Waals surface area contributed by atoms with Crippen LogP contribution in [0.3, 0.4) is 0 Å². The van der Waals surface area contributed by atoms with Gasteiger partial charge in [0.2, 0.25) is 0 Å². The summed E-state index contributed by atoms with van der Waals surface area (Å²) in [6.45, 7) is 4.48. The molecule has 1 aliphatic rings. The van der Waals surface area contributed by atoms with Gasteiger partial charge in [-0.15, -0.1) is 0 Å². The van der Waals surface area contributed by atoms with Gasteiger partial charge in [0.25, 0.3) is 11.8 Å². The maximum atomic E-state index is 13.5. The molecule has 1 heterocycles. The van der Waals surface area contributed by atoms with E-state index in [1.807, 2.05) is 73.7 Å². The molecule has 0 fully saturated rings. The Labute approximate surface area is 228 Å². The van der Waals surface area contributed by atoms with Crippen LogP contribution in [0, 0.1) is 11.3 Å². The number of carbonyl (C=O) groups is 2. The first-order valence-corrected chi connectivity index (χ1v) is 12.7. The van der Waals surface area contributed by atoms with E-state index in [0.717, 1.165) is 21.8 Å². The van der Waals surface area contributed by atoms with E-state index in [1.165, 1.54) is 0 Å². The predicted molar refractivity (Wildman–Crippen MR) is 148 cm³/mol. The van der Waals surface area contributed by atoms with E-state index >= 15 is 0 Å². The van der Waals surface area contributed by atoms with E-state index in [4.69, 9.17) is 14.2 Å². The summed E-state index contributed by atoms with van der Waals surface area (Å²) in [5.41, 5.74) is 3.28. The van der Waals surface area contributed by atoms with E-state index in [9.17, 15) is 14.9 Å². The topological polar surface area (TPSA) is 88.9 Å². The third-order valence-corrected chi connectivity index (χ3v) is 6.42. The normalized spacial score (nSPS) is 14.4. The number of hydrogen-bond donors (Lipinski definition) is 0. The lowest BCUT2D eigenvalue weighted by atomic mass is 9.93. The van der Waals surface area contributed by atoms with Crippen LogP contribution >= 0.6 is 0 Å². The van der Waals surface area contributed by atoms with Crippen LogP contribution in [0.4, 0.5) is 0 Å². The van der Waals surface area contributed by atoms with E-state index in [0.29, 0.717) is 47.8 Å². The molecule has 0 bridgehead atoms. The molecular formula is C32H30N2O5. The van der Waals surface area contributed by atoms with Gasteiger partial charge in [0.15, 0.2) is 11.5 Å². The van der Waals surface area contributed by atoms with Crippen molar-refractivity contribution in [3.8, 4) is 23.3 Å². The van der Waals surface area contributed by atoms with E-state index in [2.05, 4.69) is 0 Å². The number of nitriles is 1. The summed E-state index contributed by atoms with van der Waals surface area (Å²) < 4.78 is 17.0. The first kappa shape index (κ1) is 27.2. The van der Waals surface area contributed by atoms with Gasteiger partial charge in [-0.25, -0.2) is 0 Å². The Balaban J connectivity index is 1.59. The SMILES string of the molecule is CCOc1cc(/C=C2/C(=O)N(CCc3ccc(OC)cc3)C(=O)C(C#N)=C2C)ccc1OCc1ccccc1. The van der Waals surface area contributed by atoms with Crippen LogP contribution in [-0.4, -0.2) is 37.0 Å². The fourth-order valence-electron chi connectivity index (χ4n) is 4.27. The molecule has 7 nitrogen and oxygen atoms in total. The van der Waals surface area contributed by atoms with Gasteiger partial charge >= 0.3 is 0 Å². The molecule has 0 aliphatic carbocycles. The predicted octanol–water partition coefficient (Wildman–Crippen LogP) is 5.51. The Morgan fingerprint density at radius 3 is 2.31 bits per heavy atom. The quantitative estimate of drug-likeness (QED) is 0.258. The number of ether oxygens (including phenoxy) is 3. The molecular weight excluding hydrogens is 492 g/mol. The lowest BCUT2D eigenvalue weighted by Crippen LogP contribution is -2.43. The molecule has 39 heavy (non-hydrogen) atoms. The molecule has 7 heteroatoms. The van der Waals surface area contributed by atoms with Crippen LogP contribution < -0.4 is 14.2 Å². The van der Waals surface area contributed by atoms with E-state index in [1.54, 1.807) is 32.2 Å². The van der Waals surface area contributed by atoms with Gasteiger partial charge in [-0.1, -0.05) is 48.5 Å². The maximum absolute atomic E-state index is 13.5. The molecule has 1 aliphatic heterocycles. The summed E-state index contributed by atoms with van der Waals surface area (Å²) in [7, 11) is 1.59. The number of rotatable bonds is 10. The second-order valence-corrected chi connectivity index (χ2v) is 8.94. The van der Waals surface area contributed by atoms with Crippen molar-refractivity contribution in [1.29, 1.82) is 5.26 Å². The van der Waals surface area contributed by atoms with Crippen LogP contribution in [-0.2, 0) is 22.6 Å². The van der Waals surface area contributed by atoms with Gasteiger partial charge in [0.05, 0.1) is 13.7 Å². The van der Waals surface area contributed by atoms with Gasteiger partial charge in [0, 0.05) is 12.1 Å². The number of imide groups is 1. The van der Waals surface area contributed by atoms with Gasteiger partial charge in [-0.05, 0) is 72.9 Å². The molecule has 3 aromatic carbocycles. The standard InChI is InChI=1S/C32H30N2O5/c1-4-38-30-19-25(12-15-29(30)39-21-24-8-6-5-7-9-24)18-27-22(2)28(20-33)32(36)34(31(27)35)17-16-23-10-13-26(37-3)14-11-23/h5-15,18-19H,4,16-17,21H2,1-3H3/b27-18+. The number of methoxy groups -OCH3 is 1. The van der Waals surface area contributed by atoms with Gasteiger partial charge in [0.1, 0.15) is 24.0 Å². The van der Waals surface area contributed by atoms with Crippen molar-refractivity contribution in [3.63, 3.8) is 0 Å². The molecule has 0 spiro atoms. The highest BCUT2D eigenvalue weighted by molar-refractivity contribution is 6.19. The zero-order valence-corrected chi connectivity index (χ0v) is 22.3. The summed E-state index contributed by atoms with van der Waals surface area (Å²) in [5.74, 6) is 0.833. The summed E-state index contributed by atoms with van der Waals surface area (Å²) >= 11 is 0. The summed E-state index contributed by atoms with van der Waals surface area (Å²) in [6, 6.07) is 24.7. The molecule has 0 radical (unpaired) electrons. The third kappa shape index (κ3) is 6.36. The number of amides is 2. The number of nitrogens with zero attached hydrogens (tertiary/aromatic N) is 2. The molecule has 0 atom stereocenters.